The lowest BCUT2D eigenvalue weighted by atomic mass is 10.1. The molecule has 0 unspecified atom stereocenters. The Kier molecular flexibility index (Phi) is 5.26. The van der Waals surface area contributed by atoms with Crippen LogP contribution in [0.15, 0.2) is 36.8 Å². The zero-order chi connectivity index (χ0) is 23.1. The van der Waals surface area contributed by atoms with Crippen LogP contribution in [0.25, 0.3) is 33.9 Å². The summed E-state index contributed by atoms with van der Waals surface area (Å²) in [6.45, 7) is 1.000. The predicted octanol–water partition coefficient (Wildman–Crippen LogP) is 3.43. The lowest BCUT2D eigenvalue weighted by Crippen LogP contribution is -2.33. The summed E-state index contributed by atoms with van der Waals surface area (Å²) in [6.07, 6.45) is 13.5. The number of anilines is 1. The third-order valence-electron chi connectivity index (χ3n) is 6.77. The zero-order valence-electron chi connectivity index (χ0n) is 18.8. The summed E-state index contributed by atoms with van der Waals surface area (Å²) in [4.78, 5) is 29.7. The quantitative estimate of drug-likeness (QED) is 0.402. The van der Waals surface area contributed by atoms with E-state index in [9.17, 15) is 4.79 Å². The summed E-state index contributed by atoms with van der Waals surface area (Å²) in [7, 11) is 0. The molecule has 2 atom stereocenters. The molecular formula is C25H27N7O2. The normalized spacial score (nSPS) is 21.5. The number of fused-ring (bicyclic) bond motifs is 4. The van der Waals surface area contributed by atoms with Crippen LogP contribution in [0.5, 0.6) is 0 Å². The second-order valence-electron chi connectivity index (χ2n) is 9.04. The van der Waals surface area contributed by atoms with Crippen molar-refractivity contribution in [3.63, 3.8) is 0 Å². The molecule has 1 fully saturated rings. The summed E-state index contributed by atoms with van der Waals surface area (Å²) in [5.41, 5.74) is 10.7. The van der Waals surface area contributed by atoms with Crippen molar-refractivity contribution in [1.82, 2.24) is 29.7 Å². The van der Waals surface area contributed by atoms with Crippen LogP contribution >= 0.6 is 0 Å². The van der Waals surface area contributed by atoms with Gasteiger partial charge in [0, 0.05) is 41.7 Å². The van der Waals surface area contributed by atoms with Crippen molar-refractivity contribution in [2.75, 3.05) is 18.9 Å². The highest BCUT2D eigenvalue weighted by Crippen LogP contribution is 2.39. The Morgan fingerprint density at radius 3 is 3.06 bits per heavy atom. The van der Waals surface area contributed by atoms with Gasteiger partial charge in [-0.3, -0.25) is 9.20 Å². The van der Waals surface area contributed by atoms with Crippen LogP contribution < -0.4 is 11.1 Å². The summed E-state index contributed by atoms with van der Waals surface area (Å²) < 4.78 is 7.78. The number of nitrogens with zero attached hydrogens (tertiary/aromatic N) is 4. The number of carbonyl (C=O) groups excluding carboxylic acids is 1. The Hall–Kier alpha value is -3.72. The lowest BCUT2D eigenvalue weighted by molar-refractivity contribution is -0.122. The van der Waals surface area contributed by atoms with Crippen molar-refractivity contribution in [1.29, 1.82) is 0 Å². The summed E-state index contributed by atoms with van der Waals surface area (Å²) >= 11 is 0. The van der Waals surface area contributed by atoms with Crippen molar-refractivity contribution >= 4 is 34.4 Å². The van der Waals surface area contributed by atoms with Crippen LogP contribution in [0.4, 0.5) is 5.82 Å². The van der Waals surface area contributed by atoms with E-state index in [-0.39, 0.29) is 17.9 Å². The number of H-pyrrole nitrogens is 1. The first kappa shape index (κ1) is 20.9. The highest BCUT2D eigenvalue weighted by molar-refractivity contribution is 5.90. The first-order valence-electron chi connectivity index (χ1n) is 11.8. The SMILES string of the molecule is Nc1ncc2n3c(nc(-c4cnc5[nH]ccc5c4)c13)[C@@H]1CC[C@H](C1)NC(=O)CCOCCC=C2. The number of nitrogens with two attached hydrogens (primary N) is 1. The number of amides is 1. The molecule has 2 bridgehead atoms. The number of carbonyl (C=O) groups is 1. The number of aromatic amines is 1. The second-order valence-corrected chi connectivity index (χ2v) is 9.04. The molecule has 0 spiro atoms. The minimum absolute atomic E-state index is 0.0461. The van der Waals surface area contributed by atoms with Crippen LogP contribution in [0.2, 0.25) is 0 Å². The molecular weight excluding hydrogens is 430 g/mol. The average molecular weight is 458 g/mol. The lowest BCUT2D eigenvalue weighted by Gasteiger charge is -2.14. The molecule has 0 aromatic carbocycles. The molecule has 1 aliphatic carbocycles. The fourth-order valence-electron chi connectivity index (χ4n) is 5.12. The molecule has 4 aromatic rings. The summed E-state index contributed by atoms with van der Waals surface area (Å²) in [6, 6.07) is 4.21. The maximum Gasteiger partial charge on any atom is 0.222 e. The molecule has 4 N–H and O–H groups in total. The molecule has 1 amide bonds. The van der Waals surface area contributed by atoms with Crippen molar-refractivity contribution in [2.45, 2.75) is 44.1 Å². The smallest absolute Gasteiger partial charge is 0.222 e. The number of nitrogen functional groups attached to an aromatic ring is 1. The van der Waals surface area contributed by atoms with Crippen LogP contribution in [-0.2, 0) is 9.53 Å². The van der Waals surface area contributed by atoms with E-state index in [1.807, 2.05) is 18.5 Å². The zero-order valence-corrected chi connectivity index (χ0v) is 18.8. The Morgan fingerprint density at radius 2 is 2.12 bits per heavy atom. The van der Waals surface area contributed by atoms with E-state index < -0.39 is 0 Å². The van der Waals surface area contributed by atoms with Gasteiger partial charge in [-0.1, -0.05) is 6.08 Å². The largest absolute Gasteiger partial charge is 0.382 e. The molecule has 0 saturated heterocycles. The number of aromatic nitrogens is 5. The molecule has 174 valence electrons. The molecule has 5 heterocycles. The topological polar surface area (TPSA) is 123 Å². The van der Waals surface area contributed by atoms with Crippen molar-refractivity contribution < 1.29 is 9.53 Å². The first-order chi connectivity index (χ1) is 16.7. The Bertz CT molecular complexity index is 1400. The Balaban J connectivity index is 1.52. The van der Waals surface area contributed by atoms with Gasteiger partial charge in [-0.05, 0) is 43.9 Å². The maximum absolute atomic E-state index is 12.4. The number of rotatable bonds is 1. The van der Waals surface area contributed by atoms with Gasteiger partial charge >= 0.3 is 0 Å². The van der Waals surface area contributed by atoms with E-state index in [1.54, 1.807) is 6.20 Å². The monoisotopic (exact) mass is 457 g/mol. The van der Waals surface area contributed by atoms with E-state index in [0.29, 0.717) is 25.5 Å². The van der Waals surface area contributed by atoms with Crippen LogP contribution in [0, 0.1) is 0 Å². The molecule has 6 rings (SSSR count). The molecule has 2 aliphatic rings. The summed E-state index contributed by atoms with van der Waals surface area (Å²) in [5, 5.41) is 4.19. The van der Waals surface area contributed by atoms with E-state index in [1.165, 1.54) is 0 Å². The highest BCUT2D eigenvalue weighted by atomic mass is 16.5. The molecule has 9 nitrogen and oxygen atoms in total. The fraction of sp³-hybridized carbons (Fsp3) is 0.360. The van der Waals surface area contributed by atoms with Gasteiger partial charge in [0.25, 0.3) is 0 Å². The minimum atomic E-state index is 0.0461. The van der Waals surface area contributed by atoms with Gasteiger partial charge in [0.05, 0.1) is 25.1 Å². The second kappa shape index (κ2) is 8.57. The Labute approximate surface area is 196 Å². The van der Waals surface area contributed by atoms with E-state index in [4.69, 9.17) is 15.5 Å². The van der Waals surface area contributed by atoms with E-state index >= 15 is 0 Å². The number of ether oxygens (including phenoxy) is 1. The number of nitrogens with one attached hydrogen (secondary N) is 2. The fourth-order valence-corrected chi connectivity index (χ4v) is 5.12. The predicted molar refractivity (Wildman–Crippen MR) is 130 cm³/mol. The van der Waals surface area contributed by atoms with Crippen molar-refractivity contribution in [3.05, 3.63) is 48.3 Å². The minimum Gasteiger partial charge on any atom is -0.382 e. The molecule has 1 saturated carbocycles. The van der Waals surface area contributed by atoms with Gasteiger partial charge in [0.15, 0.2) is 0 Å². The Morgan fingerprint density at radius 1 is 1.18 bits per heavy atom. The van der Waals surface area contributed by atoms with Gasteiger partial charge in [-0.15, -0.1) is 0 Å². The van der Waals surface area contributed by atoms with Gasteiger partial charge in [0.1, 0.15) is 28.5 Å². The first-order valence-corrected chi connectivity index (χ1v) is 11.8. The standard InChI is InChI=1S/C25H27N7O2/c26-23-22-21(17-11-15-6-8-27-24(15)29-13-17)31-25-16-4-5-18(12-16)30-20(33)7-10-34-9-2-1-3-19(14-28-23)32(22)25/h1,3,6,8,11,13-14,16,18H,2,4-5,7,9-10,12H2,(H2,26,28)(H,27,29)(H,30,33)/t16-,18-/m1/s1. The van der Waals surface area contributed by atoms with Crippen LogP contribution in [-0.4, -0.2) is 49.5 Å². The van der Waals surface area contributed by atoms with Crippen molar-refractivity contribution in [2.24, 2.45) is 0 Å². The van der Waals surface area contributed by atoms with Gasteiger partial charge in [-0.25, -0.2) is 15.0 Å². The summed E-state index contributed by atoms with van der Waals surface area (Å²) in [5.74, 6) is 1.63. The molecule has 34 heavy (non-hydrogen) atoms. The van der Waals surface area contributed by atoms with Gasteiger partial charge < -0.3 is 20.8 Å². The average Bonchev–Trinajstić information content (AvgIpc) is 3.57. The third-order valence-corrected chi connectivity index (χ3v) is 6.77. The molecule has 9 heteroatoms. The third kappa shape index (κ3) is 3.71. The van der Waals surface area contributed by atoms with E-state index in [2.05, 4.69) is 42.9 Å². The number of pyridine rings is 1. The molecule has 1 aliphatic heterocycles. The molecule has 0 radical (unpaired) electrons. The molecule has 4 aromatic heterocycles. The van der Waals surface area contributed by atoms with Crippen molar-refractivity contribution in [3.8, 4) is 11.3 Å². The number of imidazole rings is 1. The van der Waals surface area contributed by atoms with Gasteiger partial charge in [-0.2, -0.15) is 0 Å². The van der Waals surface area contributed by atoms with Gasteiger partial charge in [0.2, 0.25) is 5.91 Å². The number of hydrogen-bond donors (Lipinski definition) is 3. The van der Waals surface area contributed by atoms with Crippen LogP contribution in [0.1, 0.15) is 49.5 Å². The van der Waals surface area contributed by atoms with Crippen LogP contribution in [0.3, 0.4) is 0 Å². The maximum atomic E-state index is 12.4. The number of hydrogen-bond acceptors (Lipinski definition) is 6. The highest BCUT2D eigenvalue weighted by Gasteiger charge is 2.32. The van der Waals surface area contributed by atoms with E-state index in [0.717, 1.165) is 65.0 Å².